The summed E-state index contributed by atoms with van der Waals surface area (Å²) in [6, 6.07) is 14.5. The smallest absolute Gasteiger partial charge is 0.274 e. The predicted molar refractivity (Wildman–Crippen MR) is 106 cm³/mol. The number of rotatable bonds is 6. The van der Waals surface area contributed by atoms with E-state index in [0.29, 0.717) is 11.7 Å². The first-order valence-corrected chi connectivity index (χ1v) is 9.61. The van der Waals surface area contributed by atoms with Crippen LogP contribution in [0.1, 0.15) is 28.9 Å². The average molecular weight is 363 g/mol. The second-order valence-electron chi connectivity index (χ2n) is 7.13. The van der Waals surface area contributed by atoms with Crippen LogP contribution in [0.25, 0.3) is 6.08 Å². The van der Waals surface area contributed by atoms with Gasteiger partial charge < -0.3 is 10.2 Å². The average Bonchev–Trinajstić information content (AvgIpc) is 3.53. The molecular weight excluding hydrogens is 338 g/mol. The van der Waals surface area contributed by atoms with E-state index in [1.54, 1.807) is 6.07 Å². The number of nitrogens with one attached hydrogen (secondary N) is 1. The van der Waals surface area contributed by atoms with E-state index in [2.05, 4.69) is 44.7 Å². The van der Waals surface area contributed by atoms with E-state index in [1.165, 1.54) is 18.4 Å². The van der Waals surface area contributed by atoms with E-state index in [9.17, 15) is 4.79 Å². The van der Waals surface area contributed by atoms with Crippen LogP contribution in [0.3, 0.4) is 0 Å². The molecule has 2 aromatic rings. The number of aromatic nitrogens is 2. The molecule has 2 heterocycles. The fraction of sp³-hybridized carbons (Fsp3) is 0.381. The van der Waals surface area contributed by atoms with Crippen molar-refractivity contribution in [2.45, 2.75) is 18.9 Å². The van der Waals surface area contributed by atoms with Gasteiger partial charge in [-0.1, -0.05) is 42.5 Å². The molecule has 0 radical (unpaired) electrons. The third-order valence-electron chi connectivity index (χ3n) is 4.95. The number of nitrogens with zero attached hydrogens (tertiary/aromatic N) is 4. The topological polar surface area (TPSA) is 61.4 Å². The fourth-order valence-electron chi connectivity index (χ4n) is 3.16. The first-order valence-electron chi connectivity index (χ1n) is 9.61. The van der Waals surface area contributed by atoms with E-state index in [4.69, 9.17) is 0 Å². The van der Waals surface area contributed by atoms with Crippen LogP contribution in [0, 0.1) is 0 Å². The van der Waals surface area contributed by atoms with Crippen LogP contribution in [-0.2, 0) is 0 Å². The summed E-state index contributed by atoms with van der Waals surface area (Å²) in [7, 11) is 0. The molecule has 0 unspecified atom stereocenters. The summed E-state index contributed by atoms with van der Waals surface area (Å²) in [4.78, 5) is 16.9. The van der Waals surface area contributed by atoms with Crippen molar-refractivity contribution in [2.24, 2.45) is 0 Å². The molecule has 0 spiro atoms. The highest BCUT2D eigenvalue weighted by molar-refractivity contribution is 5.92. The maximum Gasteiger partial charge on any atom is 0.274 e. The second-order valence-corrected chi connectivity index (χ2v) is 7.13. The molecule has 1 saturated heterocycles. The van der Waals surface area contributed by atoms with Gasteiger partial charge in [-0.15, -0.1) is 10.2 Å². The molecule has 1 aromatic heterocycles. The van der Waals surface area contributed by atoms with Crippen LogP contribution in [0.4, 0.5) is 5.82 Å². The Morgan fingerprint density at radius 1 is 1.04 bits per heavy atom. The van der Waals surface area contributed by atoms with E-state index in [-0.39, 0.29) is 5.91 Å². The zero-order chi connectivity index (χ0) is 18.5. The fourth-order valence-corrected chi connectivity index (χ4v) is 3.16. The Balaban J connectivity index is 1.24. The van der Waals surface area contributed by atoms with Crippen molar-refractivity contribution in [1.29, 1.82) is 0 Å². The van der Waals surface area contributed by atoms with Crippen LogP contribution in [0.5, 0.6) is 0 Å². The molecular formula is C21H25N5O. The molecule has 1 saturated carbocycles. The lowest BCUT2D eigenvalue weighted by atomic mass is 10.2. The molecule has 140 valence electrons. The number of amides is 1. The Kier molecular flexibility index (Phi) is 5.44. The molecule has 1 aliphatic carbocycles. The molecule has 4 rings (SSSR count). The van der Waals surface area contributed by atoms with Gasteiger partial charge in [0.05, 0.1) is 0 Å². The molecule has 2 fully saturated rings. The number of hydrogen-bond acceptors (Lipinski definition) is 5. The third-order valence-corrected chi connectivity index (χ3v) is 4.95. The number of carbonyl (C=O) groups excluding carboxylic acids is 1. The first-order chi connectivity index (χ1) is 13.3. The summed E-state index contributed by atoms with van der Waals surface area (Å²) in [5.74, 6) is 0.726. The summed E-state index contributed by atoms with van der Waals surface area (Å²) in [6.45, 7) is 4.10. The van der Waals surface area contributed by atoms with Crippen molar-refractivity contribution < 1.29 is 4.79 Å². The summed E-state index contributed by atoms with van der Waals surface area (Å²) in [5, 5.41) is 11.5. The van der Waals surface area contributed by atoms with Crippen molar-refractivity contribution in [3.05, 3.63) is 59.8 Å². The SMILES string of the molecule is O=C(c1ccc(NC2CC2)nn1)N1CCN(C/C=C/c2ccccc2)CC1. The molecule has 1 amide bonds. The number of benzene rings is 1. The van der Waals surface area contributed by atoms with Gasteiger partial charge in [-0.2, -0.15) is 0 Å². The minimum atomic E-state index is -0.0278. The van der Waals surface area contributed by atoms with Crippen molar-refractivity contribution >= 4 is 17.8 Å². The molecule has 0 atom stereocenters. The van der Waals surface area contributed by atoms with Gasteiger partial charge in [0.15, 0.2) is 5.69 Å². The largest absolute Gasteiger partial charge is 0.366 e. The Hall–Kier alpha value is -2.73. The number of carbonyl (C=O) groups is 1. The monoisotopic (exact) mass is 363 g/mol. The van der Waals surface area contributed by atoms with Gasteiger partial charge >= 0.3 is 0 Å². The zero-order valence-electron chi connectivity index (χ0n) is 15.4. The zero-order valence-corrected chi connectivity index (χ0v) is 15.4. The summed E-state index contributed by atoms with van der Waals surface area (Å²) < 4.78 is 0. The Labute approximate surface area is 159 Å². The summed E-state index contributed by atoms with van der Waals surface area (Å²) >= 11 is 0. The molecule has 2 aliphatic rings. The lowest BCUT2D eigenvalue weighted by molar-refractivity contribution is 0.0643. The second kappa shape index (κ2) is 8.31. The van der Waals surface area contributed by atoms with Crippen LogP contribution in [0.2, 0.25) is 0 Å². The normalized spacial score (nSPS) is 18.0. The molecule has 6 heteroatoms. The van der Waals surface area contributed by atoms with Gasteiger partial charge in [0.25, 0.3) is 5.91 Å². The molecule has 1 N–H and O–H groups in total. The van der Waals surface area contributed by atoms with Gasteiger partial charge in [-0.05, 0) is 30.5 Å². The lowest BCUT2D eigenvalue weighted by Crippen LogP contribution is -2.48. The Bertz CT molecular complexity index is 778. The third kappa shape index (κ3) is 4.92. The van der Waals surface area contributed by atoms with Crippen LogP contribution in [0.15, 0.2) is 48.5 Å². The highest BCUT2D eigenvalue weighted by Gasteiger charge is 2.24. The number of anilines is 1. The van der Waals surface area contributed by atoms with Crippen molar-refractivity contribution in [1.82, 2.24) is 20.0 Å². The molecule has 1 aromatic carbocycles. The van der Waals surface area contributed by atoms with Crippen molar-refractivity contribution in [2.75, 3.05) is 38.0 Å². The van der Waals surface area contributed by atoms with E-state index in [1.807, 2.05) is 29.2 Å². The van der Waals surface area contributed by atoms with Gasteiger partial charge in [-0.25, -0.2) is 0 Å². The van der Waals surface area contributed by atoms with E-state index < -0.39 is 0 Å². The Morgan fingerprint density at radius 3 is 2.48 bits per heavy atom. The van der Waals surface area contributed by atoms with Crippen molar-refractivity contribution in [3.63, 3.8) is 0 Å². The van der Waals surface area contributed by atoms with Crippen LogP contribution >= 0.6 is 0 Å². The van der Waals surface area contributed by atoms with Gasteiger partial charge in [0.1, 0.15) is 5.82 Å². The van der Waals surface area contributed by atoms with Gasteiger partial charge in [0.2, 0.25) is 0 Å². The van der Waals surface area contributed by atoms with E-state index in [0.717, 1.165) is 38.5 Å². The number of piperazine rings is 1. The minimum Gasteiger partial charge on any atom is -0.366 e. The maximum atomic E-state index is 12.6. The molecule has 27 heavy (non-hydrogen) atoms. The van der Waals surface area contributed by atoms with Crippen molar-refractivity contribution in [3.8, 4) is 0 Å². The lowest BCUT2D eigenvalue weighted by Gasteiger charge is -2.33. The van der Waals surface area contributed by atoms with Crippen LogP contribution in [-0.4, -0.2) is 64.7 Å². The highest BCUT2D eigenvalue weighted by Crippen LogP contribution is 2.23. The molecule has 1 aliphatic heterocycles. The first kappa shape index (κ1) is 17.7. The van der Waals surface area contributed by atoms with Crippen LogP contribution < -0.4 is 5.32 Å². The van der Waals surface area contributed by atoms with Gasteiger partial charge in [-0.3, -0.25) is 9.69 Å². The standard InChI is InChI=1S/C21H25N5O/c27-21(19-10-11-20(24-23-19)22-18-8-9-18)26-15-13-25(14-16-26)12-4-7-17-5-2-1-3-6-17/h1-7,10-11,18H,8-9,12-16H2,(H,22,24)/b7-4+. The number of hydrogen-bond donors (Lipinski definition) is 1. The van der Waals surface area contributed by atoms with E-state index >= 15 is 0 Å². The Morgan fingerprint density at radius 2 is 1.81 bits per heavy atom. The highest BCUT2D eigenvalue weighted by atomic mass is 16.2. The minimum absolute atomic E-state index is 0.0278. The summed E-state index contributed by atoms with van der Waals surface area (Å²) in [6.07, 6.45) is 6.70. The maximum absolute atomic E-state index is 12.6. The summed E-state index contributed by atoms with van der Waals surface area (Å²) in [5.41, 5.74) is 1.64. The molecule has 0 bridgehead atoms. The molecule has 6 nitrogen and oxygen atoms in total. The predicted octanol–water partition coefficient (Wildman–Crippen LogP) is 2.52. The van der Waals surface area contributed by atoms with Gasteiger partial charge in [0, 0.05) is 38.8 Å². The quantitative estimate of drug-likeness (QED) is 0.855.